The van der Waals surface area contributed by atoms with Crippen LogP contribution in [0.5, 0.6) is 0 Å². The van der Waals surface area contributed by atoms with E-state index in [1.54, 1.807) is 12.1 Å². The number of aliphatic hydroxyl groups excluding tert-OH is 1. The number of carbonyl (C=O) groups excluding carboxylic acids is 2. The van der Waals surface area contributed by atoms with Crippen LogP contribution in [0, 0.1) is 12.8 Å². The van der Waals surface area contributed by atoms with Gasteiger partial charge in [0.25, 0.3) is 0 Å². The number of thioether (sulfide) groups is 1. The Balaban J connectivity index is 2.03. The van der Waals surface area contributed by atoms with Gasteiger partial charge in [-0.1, -0.05) is 17.7 Å². The van der Waals surface area contributed by atoms with Gasteiger partial charge in [-0.15, -0.1) is 0 Å². The van der Waals surface area contributed by atoms with Crippen LogP contribution in [-0.2, 0) is 24.4 Å². The summed E-state index contributed by atoms with van der Waals surface area (Å²) in [5, 5.41) is 21.0. The number of nitrogens with zero attached hydrogens (tertiary/aromatic N) is 1. The molecule has 0 unspecified atom stereocenters. The highest BCUT2D eigenvalue weighted by Gasteiger charge is 2.34. The van der Waals surface area contributed by atoms with Gasteiger partial charge in [0.1, 0.15) is 6.04 Å². The second kappa shape index (κ2) is 12.5. The number of piperidine rings is 1. The quantitative estimate of drug-likeness (QED) is 0.334. The molecular weight excluding hydrogens is 482 g/mol. The Morgan fingerprint density at radius 1 is 1.18 bits per heavy atom. The zero-order valence-electron chi connectivity index (χ0n) is 19.6. The lowest BCUT2D eigenvalue weighted by molar-refractivity contribution is -0.146. The highest BCUT2D eigenvalue weighted by molar-refractivity contribution is 7.98. The van der Waals surface area contributed by atoms with Crippen LogP contribution in [0.15, 0.2) is 29.2 Å². The molecule has 1 aliphatic heterocycles. The van der Waals surface area contributed by atoms with Crippen LogP contribution >= 0.6 is 11.8 Å². The van der Waals surface area contributed by atoms with Gasteiger partial charge in [0, 0.05) is 19.0 Å². The Kier molecular flexibility index (Phi) is 10.3. The van der Waals surface area contributed by atoms with Crippen molar-refractivity contribution in [2.45, 2.75) is 56.2 Å². The molecule has 1 aromatic carbocycles. The summed E-state index contributed by atoms with van der Waals surface area (Å²) >= 11 is 1.51. The average Bonchev–Trinajstić information content (AvgIpc) is 2.79. The van der Waals surface area contributed by atoms with Crippen molar-refractivity contribution in [1.29, 1.82) is 0 Å². The lowest BCUT2D eigenvalue weighted by Gasteiger charge is -2.34. The van der Waals surface area contributed by atoms with Crippen molar-refractivity contribution >= 4 is 39.6 Å². The molecule has 0 aliphatic carbocycles. The van der Waals surface area contributed by atoms with Crippen LogP contribution in [0.25, 0.3) is 0 Å². The minimum Gasteiger partial charge on any atom is -0.480 e. The van der Waals surface area contributed by atoms with Crippen LogP contribution < -0.4 is 10.0 Å². The number of carboxylic acid groups (broad SMARTS) is 1. The van der Waals surface area contributed by atoms with Crippen LogP contribution in [0.3, 0.4) is 0 Å². The monoisotopic (exact) mass is 515 g/mol. The highest BCUT2D eigenvalue weighted by atomic mass is 32.2. The molecule has 1 aliphatic rings. The smallest absolute Gasteiger partial charge is 0.328 e. The van der Waals surface area contributed by atoms with E-state index in [1.807, 2.05) is 13.2 Å². The fourth-order valence-corrected chi connectivity index (χ4v) is 5.38. The zero-order valence-corrected chi connectivity index (χ0v) is 21.2. The van der Waals surface area contributed by atoms with Gasteiger partial charge in [-0.25, -0.2) is 13.2 Å². The molecule has 0 radical (unpaired) electrons. The molecule has 12 heteroatoms. The molecule has 3 atom stereocenters. The fraction of sp³-hybridized carbons (Fsp3) is 0.591. The third-order valence-corrected chi connectivity index (χ3v) is 7.89. The molecule has 0 aromatic heterocycles. The van der Waals surface area contributed by atoms with Crippen LogP contribution in [0.1, 0.15) is 31.7 Å². The van der Waals surface area contributed by atoms with E-state index in [2.05, 4.69) is 10.0 Å². The number of amides is 2. The van der Waals surface area contributed by atoms with E-state index < -0.39 is 46.0 Å². The maximum atomic E-state index is 13.2. The van der Waals surface area contributed by atoms with E-state index in [9.17, 15) is 27.9 Å². The molecule has 1 fully saturated rings. The summed E-state index contributed by atoms with van der Waals surface area (Å²) in [5.74, 6) is -2.08. The Hall–Kier alpha value is -2.15. The van der Waals surface area contributed by atoms with E-state index in [4.69, 9.17) is 5.11 Å². The molecule has 1 heterocycles. The Bertz CT molecular complexity index is 959. The lowest BCUT2D eigenvalue weighted by Crippen LogP contribution is -2.53. The van der Waals surface area contributed by atoms with Gasteiger partial charge >= 0.3 is 5.97 Å². The first-order valence-corrected chi connectivity index (χ1v) is 13.9. The summed E-state index contributed by atoms with van der Waals surface area (Å²) in [6.45, 7) is 3.62. The molecule has 34 heavy (non-hydrogen) atoms. The molecular formula is C22H33N3O7S2. The summed E-state index contributed by atoms with van der Waals surface area (Å²) in [4.78, 5) is 38.5. The first kappa shape index (κ1) is 28.1. The van der Waals surface area contributed by atoms with Crippen LogP contribution in [-0.4, -0.2) is 84.6 Å². The van der Waals surface area contributed by atoms with Crippen molar-refractivity contribution in [3.8, 4) is 0 Å². The van der Waals surface area contributed by atoms with Crippen molar-refractivity contribution < 1.29 is 33.0 Å². The Morgan fingerprint density at radius 2 is 1.76 bits per heavy atom. The molecule has 0 saturated carbocycles. The van der Waals surface area contributed by atoms with Gasteiger partial charge in [0.15, 0.2) is 6.04 Å². The number of rotatable bonds is 11. The van der Waals surface area contributed by atoms with Gasteiger partial charge in [0.2, 0.25) is 21.8 Å². The van der Waals surface area contributed by atoms with Crippen LogP contribution in [0.2, 0.25) is 0 Å². The number of aliphatic hydroxyl groups is 1. The predicted molar refractivity (Wildman–Crippen MR) is 129 cm³/mol. The minimum absolute atomic E-state index is 0.0847. The van der Waals surface area contributed by atoms with Gasteiger partial charge in [-0.05, 0) is 57.3 Å². The van der Waals surface area contributed by atoms with Crippen LogP contribution in [0.4, 0.5) is 0 Å². The van der Waals surface area contributed by atoms with Gasteiger partial charge in [-0.3, -0.25) is 9.59 Å². The third kappa shape index (κ3) is 7.69. The topological polar surface area (TPSA) is 153 Å². The number of carbonyl (C=O) groups is 3. The lowest BCUT2D eigenvalue weighted by atomic mass is 9.94. The number of carboxylic acids is 1. The number of aliphatic carboxylic acids is 1. The second-order valence-corrected chi connectivity index (χ2v) is 11.1. The van der Waals surface area contributed by atoms with Crippen molar-refractivity contribution in [3.05, 3.63) is 29.8 Å². The Labute approximate surface area is 204 Å². The van der Waals surface area contributed by atoms with E-state index >= 15 is 0 Å². The third-order valence-electron chi connectivity index (χ3n) is 5.76. The summed E-state index contributed by atoms with van der Waals surface area (Å²) < 4.78 is 28.2. The first-order chi connectivity index (χ1) is 16.0. The van der Waals surface area contributed by atoms with Crippen molar-refractivity contribution in [1.82, 2.24) is 14.9 Å². The van der Waals surface area contributed by atoms with Gasteiger partial charge in [0.05, 0.1) is 11.0 Å². The molecule has 0 bridgehead atoms. The zero-order chi connectivity index (χ0) is 25.5. The number of sulfonamides is 1. The summed E-state index contributed by atoms with van der Waals surface area (Å²) in [5.41, 5.74) is 0.920. The highest BCUT2D eigenvalue weighted by Crippen LogP contribution is 2.20. The molecule has 2 rings (SSSR count). The molecule has 190 valence electrons. The standard InChI is InChI=1S/C22H33N3O7S2/c1-14-4-6-17(7-5-14)34(31,32)24-18(10-13-33-3)21(28)25-11-8-16(9-12-25)20(27)23-19(15(2)26)22(29)30/h4-7,15-16,18-19,24,26H,8-13H2,1-3H3,(H,23,27)(H,29,30)/t15-,18+,19+/m1/s1. The maximum absolute atomic E-state index is 13.2. The first-order valence-electron chi connectivity index (χ1n) is 11.0. The Morgan fingerprint density at radius 3 is 2.26 bits per heavy atom. The number of likely N-dealkylation sites (tertiary alicyclic amines) is 1. The number of hydrogen-bond donors (Lipinski definition) is 4. The second-order valence-electron chi connectivity index (χ2n) is 8.43. The normalized spacial score (nSPS) is 17.6. The van der Waals surface area contributed by atoms with E-state index in [1.165, 1.54) is 35.7 Å². The average molecular weight is 516 g/mol. The number of benzene rings is 1. The molecule has 0 spiro atoms. The number of hydrogen-bond acceptors (Lipinski definition) is 7. The fourth-order valence-electron chi connectivity index (χ4n) is 3.68. The maximum Gasteiger partial charge on any atom is 0.328 e. The van der Waals surface area contributed by atoms with Crippen molar-refractivity contribution in [2.75, 3.05) is 25.1 Å². The molecule has 2 amide bonds. The van der Waals surface area contributed by atoms with Gasteiger partial charge in [-0.2, -0.15) is 16.5 Å². The van der Waals surface area contributed by atoms with E-state index in [0.717, 1.165) is 5.56 Å². The van der Waals surface area contributed by atoms with E-state index in [0.29, 0.717) is 25.0 Å². The SMILES string of the molecule is CSCC[C@H](NS(=O)(=O)c1ccc(C)cc1)C(=O)N1CCC(C(=O)N[C@H](C(=O)O)[C@@H](C)O)CC1. The largest absolute Gasteiger partial charge is 0.480 e. The van der Waals surface area contributed by atoms with Crippen molar-refractivity contribution in [3.63, 3.8) is 0 Å². The predicted octanol–water partition coefficient (Wildman–Crippen LogP) is 0.584. The molecule has 1 saturated heterocycles. The van der Waals surface area contributed by atoms with Crippen molar-refractivity contribution in [2.24, 2.45) is 5.92 Å². The summed E-state index contributed by atoms with van der Waals surface area (Å²) in [6, 6.07) is 4.03. The summed E-state index contributed by atoms with van der Waals surface area (Å²) in [7, 11) is -3.89. The number of aryl methyl sites for hydroxylation is 1. The summed E-state index contributed by atoms with van der Waals surface area (Å²) in [6.07, 6.45) is 1.56. The van der Waals surface area contributed by atoms with E-state index in [-0.39, 0.29) is 23.9 Å². The minimum atomic E-state index is -3.89. The molecule has 4 N–H and O–H groups in total. The van der Waals surface area contributed by atoms with Gasteiger partial charge < -0.3 is 20.4 Å². The molecule has 1 aromatic rings. The molecule has 10 nitrogen and oxygen atoms in total. The number of nitrogens with one attached hydrogen (secondary N) is 2.